The van der Waals surface area contributed by atoms with Gasteiger partial charge < -0.3 is 15.6 Å². The van der Waals surface area contributed by atoms with Crippen LogP contribution in [-0.2, 0) is 4.74 Å². The predicted molar refractivity (Wildman–Crippen MR) is 47.8 cm³/mol. The van der Waals surface area contributed by atoms with E-state index in [1.54, 1.807) is 34.6 Å². The molecule has 4 nitrogen and oxygen atoms in total. The molecule has 0 rings (SSSR count). The van der Waals surface area contributed by atoms with Gasteiger partial charge >= 0.3 is 6.09 Å². The first kappa shape index (κ1) is 13.8. The van der Waals surface area contributed by atoms with Gasteiger partial charge in [-0.25, -0.2) is 4.79 Å². The molecule has 0 atom stereocenters. The Bertz CT molecular complexity index is 124. The van der Waals surface area contributed by atoms with E-state index in [2.05, 4.69) is 4.74 Å². The Morgan fingerprint density at radius 1 is 1.42 bits per heavy atom. The molecule has 0 spiro atoms. The Balaban J connectivity index is 0. The molecule has 12 heavy (non-hydrogen) atoms. The highest BCUT2D eigenvalue weighted by atomic mass is 16.6. The molecule has 0 saturated heterocycles. The number of carbonyl (C=O) groups excluding carboxylic acids is 1. The number of hydrogen-bond acceptors (Lipinski definition) is 3. The van der Waals surface area contributed by atoms with Crippen molar-refractivity contribution in [3.05, 3.63) is 0 Å². The summed E-state index contributed by atoms with van der Waals surface area (Å²) >= 11 is 0. The molecular weight excluding hydrogens is 158 g/mol. The number of rotatable bonds is 0. The van der Waals surface area contributed by atoms with Crippen LogP contribution in [0.1, 0.15) is 34.6 Å². The number of ether oxygens (including phenoxy) is 1. The van der Waals surface area contributed by atoms with E-state index in [1.165, 1.54) is 0 Å². The summed E-state index contributed by atoms with van der Waals surface area (Å²) in [7, 11) is 0. The van der Waals surface area contributed by atoms with E-state index in [-0.39, 0.29) is 6.10 Å². The molecule has 0 aromatic heterocycles. The van der Waals surface area contributed by atoms with Gasteiger partial charge in [0.05, 0.1) is 0 Å². The topological polar surface area (TPSA) is 72.5 Å². The van der Waals surface area contributed by atoms with Gasteiger partial charge in [0.15, 0.2) is 0 Å². The molecule has 0 aliphatic heterocycles. The lowest BCUT2D eigenvalue weighted by Crippen LogP contribution is -2.27. The van der Waals surface area contributed by atoms with Crippen molar-refractivity contribution >= 4 is 6.09 Å². The average Bonchev–Trinajstić information content (AvgIpc) is 1.52. The third-order valence-corrected chi connectivity index (χ3v) is 0.407. The van der Waals surface area contributed by atoms with Gasteiger partial charge in [-0.2, -0.15) is 0 Å². The summed E-state index contributed by atoms with van der Waals surface area (Å²) in [4.78, 5) is 10.0. The van der Waals surface area contributed by atoms with Crippen LogP contribution in [0.2, 0.25) is 0 Å². The number of aliphatic hydroxyl groups excluding tert-OH is 1. The molecule has 0 saturated carbocycles. The van der Waals surface area contributed by atoms with E-state index < -0.39 is 11.7 Å². The molecule has 0 aromatic carbocycles. The van der Waals surface area contributed by atoms with Gasteiger partial charge in [0.25, 0.3) is 0 Å². The van der Waals surface area contributed by atoms with Crippen LogP contribution >= 0.6 is 0 Å². The van der Waals surface area contributed by atoms with Crippen molar-refractivity contribution in [2.75, 3.05) is 0 Å². The highest BCUT2D eigenvalue weighted by molar-refractivity contribution is 5.65. The molecule has 4 heteroatoms. The minimum atomic E-state index is -0.725. The monoisotopic (exact) mass is 177 g/mol. The van der Waals surface area contributed by atoms with Crippen molar-refractivity contribution in [1.82, 2.24) is 0 Å². The summed E-state index contributed by atoms with van der Waals surface area (Å²) in [5, 5.41) is 8.06. The maximum atomic E-state index is 10.0. The molecule has 0 unspecified atom stereocenters. The number of primary amides is 1. The fraction of sp³-hybridized carbons (Fsp3) is 0.875. The molecular formula is C8H19NO3. The molecule has 0 aromatic rings. The average molecular weight is 177 g/mol. The minimum absolute atomic E-state index is 0.167. The van der Waals surface area contributed by atoms with Crippen LogP contribution in [0.15, 0.2) is 0 Å². The third kappa shape index (κ3) is 34.9. The van der Waals surface area contributed by atoms with E-state index in [4.69, 9.17) is 10.8 Å². The molecule has 74 valence electrons. The quantitative estimate of drug-likeness (QED) is 0.585. The first-order valence-electron chi connectivity index (χ1n) is 3.81. The molecule has 3 N–H and O–H groups in total. The maximum Gasteiger partial charge on any atom is 0.405 e. The Morgan fingerprint density at radius 3 is 1.67 bits per heavy atom. The number of hydrogen-bond donors (Lipinski definition) is 2. The fourth-order valence-electron chi connectivity index (χ4n) is 0.302. The predicted octanol–water partition coefficient (Wildman–Crippen LogP) is 1.27. The Morgan fingerprint density at radius 2 is 1.67 bits per heavy atom. The van der Waals surface area contributed by atoms with Crippen LogP contribution in [0, 0.1) is 0 Å². The zero-order valence-corrected chi connectivity index (χ0v) is 8.42. The van der Waals surface area contributed by atoms with E-state index in [0.29, 0.717) is 0 Å². The van der Waals surface area contributed by atoms with Gasteiger partial charge in [-0.05, 0) is 34.6 Å². The van der Waals surface area contributed by atoms with Gasteiger partial charge in [0, 0.05) is 6.10 Å². The first-order chi connectivity index (χ1) is 5.15. The van der Waals surface area contributed by atoms with Gasteiger partial charge in [0.2, 0.25) is 0 Å². The molecule has 0 aliphatic rings. The van der Waals surface area contributed by atoms with Gasteiger partial charge in [-0.15, -0.1) is 0 Å². The maximum absolute atomic E-state index is 10.0. The fourth-order valence-corrected chi connectivity index (χ4v) is 0.302. The lowest BCUT2D eigenvalue weighted by atomic mass is 10.2. The van der Waals surface area contributed by atoms with Gasteiger partial charge in [0.1, 0.15) is 5.60 Å². The van der Waals surface area contributed by atoms with E-state index in [1.807, 2.05) is 0 Å². The van der Waals surface area contributed by atoms with Crippen molar-refractivity contribution in [1.29, 1.82) is 0 Å². The minimum Gasteiger partial charge on any atom is -0.444 e. The molecule has 0 aliphatic carbocycles. The summed E-state index contributed by atoms with van der Waals surface area (Å²) in [5.41, 5.74) is 4.26. The lowest BCUT2D eigenvalue weighted by Gasteiger charge is -2.16. The summed E-state index contributed by atoms with van der Waals surface area (Å²) < 4.78 is 4.58. The lowest BCUT2D eigenvalue weighted by molar-refractivity contribution is 0.0600. The Kier molecular flexibility index (Phi) is 6.70. The Labute approximate surface area is 73.7 Å². The normalized spacial score (nSPS) is 10.2. The first-order valence-corrected chi connectivity index (χ1v) is 3.81. The third-order valence-electron chi connectivity index (χ3n) is 0.407. The van der Waals surface area contributed by atoms with Crippen molar-refractivity contribution in [3.63, 3.8) is 0 Å². The van der Waals surface area contributed by atoms with Crippen LogP contribution in [0.4, 0.5) is 4.79 Å². The standard InChI is InChI=1S/C5H11NO2.C3H8O/c1-5(2,3)8-4(6)7;1-3(2)4/h1-3H3,(H2,6,7);3-4H,1-2H3. The van der Waals surface area contributed by atoms with Crippen LogP contribution in [0.3, 0.4) is 0 Å². The molecule has 0 heterocycles. The highest BCUT2D eigenvalue weighted by Crippen LogP contribution is 2.04. The summed E-state index contributed by atoms with van der Waals surface area (Å²) in [6.07, 6.45) is -0.891. The molecule has 0 fully saturated rings. The molecule has 1 amide bonds. The second kappa shape index (κ2) is 5.83. The highest BCUT2D eigenvalue weighted by Gasteiger charge is 2.12. The van der Waals surface area contributed by atoms with Crippen LogP contribution in [0.5, 0.6) is 0 Å². The van der Waals surface area contributed by atoms with Gasteiger partial charge in [-0.3, -0.25) is 0 Å². The van der Waals surface area contributed by atoms with Crippen molar-refractivity contribution in [2.45, 2.75) is 46.3 Å². The molecule has 0 radical (unpaired) electrons. The Hall–Kier alpha value is -0.770. The van der Waals surface area contributed by atoms with E-state index >= 15 is 0 Å². The number of aliphatic hydroxyl groups is 1. The van der Waals surface area contributed by atoms with Crippen LogP contribution in [0.25, 0.3) is 0 Å². The smallest absolute Gasteiger partial charge is 0.405 e. The second-order valence-electron chi connectivity index (χ2n) is 3.63. The van der Waals surface area contributed by atoms with E-state index in [9.17, 15) is 4.79 Å². The van der Waals surface area contributed by atoms with E-state index in [0.717, 1.165) is 0 Å². The number of carbonyl (C=O) groups is 1. The molecule has 0 bridgehead atoms. The summed E-state index contributed by atoms with van der Waals surface area (Å²) in [5.74, 6) is 0. The van der Waals surface area contributed by atoms with Gasteiger partial charge in [-0.1, -0.05) is 0 Å². The van der Waals surface area contributed by atoms with Crippen molar-refractivity contribution in [3.8, 4) is 0 Å². The summed E-state index contributed by atoms with van der Waals surface area (Å²) in [6.45, 7) is 8.73. The van der Waals surface area contributed by atoms with Crippen LogP contribution < -0.4 is 5.73 Å². The number of nitrogens with two attached hydrogens (primary N) is 1. The van der Waals surface area contributed by atoms with Crippen molar-refractivity contribution in [2.24, 2.45) is 5.73 Å². The SMILES string of the molecule is CC(C)(C)OC(N)=O.CC(C)O. The zero-order chi connectivity index (χ0) is 10.4. The largest absolute Gasteiger partial charge is 0.444 e. The zero-order valence-electron chi connectivity index (χ0n) is 8.42. The summed E-state index contributed by atoms with van der Waals surface area (Å²) in [6, 6.07) is 0. The number of amides is 1. The van der Waals surface area contributed by atoms with Crippen LogP contribution in [-0.4, -0.2) is 22.9 Å². The van der Waals surface area contributed by atoms with Crippen molar-refractivity contribution < 1.29 is 14.6 Å². The second-order valence-corrected chi connectivity index (χ2v) is 3.63.